The molecule has 0 unspecified atom stereocenters. The van der Waals surface area contributed by atoms with Crippen LogP contribution >= 0.6 is 0 Å². The maximum Gasteiger partial charge on any atom is 0.138 e. The Morgan fingerprint density at radius 3 is 1.86 bits per heavy atom. The molecule has 0 saturated heterocycles. The molecule has 43 heavy (non-hydrogen) atoms. The van der Waals surface area contributed by atoms with Crippen molar-refractivity contribution in [2.24, 2.45) is 0 Å². The zero-order valence-electron chi connectivity index (χ0n) is 23.3. The van der Waals surface area contributed by atoms with Crippen molar-refractivity contribution in [1.82, 2.24) is 14.4 Å². The molecule has 3 aromatic heterocycles. The van der Waals surface area contributed by atoms with Gasteiger partial charge in [-0.25, -0.2) is 4.98 Å². The minimum Gasteiger partial charge on any atom is -0.299 e. The van der Waals surface area contributed by atoms with E-state index in [1.807, 2.05) is 42.6 Å². The normalized spacial score (nSPS) is 11.7. The molecule has 3 heteroatoms. The third-order valence-corrected chi connectivity index (χ3v) is 8.65. The Balaban J connectivity index is 1.09. The van der Waals surface area contributed by atoms with Crippen molar-refractivity contribution in [3.05, 3.63) is 152 Å². The van der Waals surface area contributed by atoms with Gasteiger partial charge in [-0.3, -0.25) is 9.38 Å². The van der Waals surface area contributed by atoms with E-state index in [1.165, 1.54) is 54.6 Å². The van der Waals surface area contributed by atoms with Crippen molar-refractivity contribution in [1.29, 1.82) is 0 Å². The van der Waals surface area contributed by atoms with Crippen molar-refractivity contribution in [2.75, 3.05) is 0 Å². The molecule has 0 fully saturated rings. The number of hydrogen-bond donors (Lipinski definition) is 0. The van der Waals surface area contributed by atoms with Crippen molar-refractivity contribution in [3.8, 4) is 44.9 Å². The van der Waals surface area contributed by atoms with Gasteiger partial charge in [-0.1, -0.05) is 115 Å². The van der Waals surface area contributed by atoms with Gasteiger partial charge in [0.15, 0.2) is 0 Å². The molecule has 0 atom stereocenters. The number of nitrogens with zero attached hydrogens (tertiary/aromatic N) is 3. The van der Waals surface area contributed by atoms with Crippen LogP contribution in [0.4, 0.5) is 0 Å². The third kappa shape index (κ3) is 3.75. The molecule has 0 aliphatic carbocycles. The minimum absolute atomic E-state index is 0.868. The van der Waals surface area contributed by atoms with Crippen LogP contribution in [0.5, 0.6) is 0 Å². The fraction of sp³-hybridized carbons (Fsp3) is 0. The standard InChI is InChI=1S/C40H25N3/c1-3-24-41-35(8-1)39-40(43-25-4-2-9-36(43)42-39)32-18-12-27(13-19-32)26-10-14-28(15-11-26)33-22-20-31-17-16-29-6-5-7-30-21-23-34(33)38(31)37(29)30/h1-25H. The number of benzene rings is 6. The SMILES string of the molecule is c1ccc(-c2nc3ccccn3c2-c2ccc(-c3ccc(-c4ccc5ccc6cccc7ccc4c5c67)cc3)cc2)nc1. The van der Waals surface area contributed by atoms with Gasteiger partial charge in [0.25, 0.3) is 0 Å². The molecule has 0 aliphatic rings. The summed E-state index contributed by atoms with van der Waals surface area (Å²) in [7, 11) is 0. The van der Waals surface area contributed by atoms with Crippen molar-refractivity contribution in [2.45, 2.75) is 0 Å². The Bertz CT molecular complexity index is 2400. The van der Waals surface area contributed by atoms with Crippen LogP contribution in [0.25, 0.3) is 82.9 Å². The first-order valence-corrected chi connectivity index (χ1v) is 14.6. The lowest BCUT2D eigenvalue weighted by Crippen LogP contribution is -1.90. The van der Waals surface area contributed by atoms with Gasteiger partial charge < -0.3 is 0 Å². The molecule has 0 aliphatic heterocycles. The van der Waals surface area contributed by atoms with Gasteiger partial charge in [0.05, 0.1) is 11.4 Å². The summed E-state index contributed by atoms with van der Waals surface area (Å²) < 4.78 is 2.14. The lowest BCUT2D eigenvalue weighted by atomic mass is 9.89. The van der Waals surface area contributed by atoms with E-state index in [2.05, 4.69) is 119 Å². The molecule has 0 spiro atoms. The van der Waals surface area contributed by atoms with E-state index < -0.39 is 0 Å². The summed E-state index contributed by atoms with van der Waals surface area (Å²) in [5.41, 5.74) is 9.68. The van der Waals surface area contributed by atoms with E-state index in [-0.39, 0.29) is 0 Å². The van der Waals surface area contributed by atoms with Gasteiger partial charge in [0.1, 0.15) is 11.3 Å². The molecule has 0 amide bonds. The van der Waals surface area contributed by atoms with Gasteiger partial charge in [-0.2, -0.15) is 0 Å². The van der Waals surface area contributed by atoms with E-state index in [0.717, 1.165) is 28.3 Å². The zero-order valence-corrected chi connectivity index (χ0v) is 23.3. The molecule has 0 saturated carbocycles. The Morgan fingerprint density at radius 1 is 0.465 bits per heavy atom. The summed E-state index contributed by atoms with van der Waals surface area (Å²) in [6.07, 6.45) is 3.88. The average Bonchev–Trinajstić information content (AvgIpc) is 3.48. The lowest BCUT2D eigenvalue weighted by molar-refractivity contribution is 1.19. The monoisotopic (exact) mass is 547 g/mol. The van der Waals surface area contributed by atoms with Crippen LogP contribution in [0.15, 0.2) is 152 Å². The summed E-state index contributed by atoms with van der Waals surface area (Å²) >= 11 is 0. The highest BCUT2D eigenvalue weighted by atomic mass is 15.0. The Kier molecular flexibility index (Phi) is 5.20. The van der Waals surface area contributed by atoms with E-state index in [9.17, 15) is 0 Å². The van der Waals surface area contributed by atoms with Gasteiger partial charge >= 0.3 is 0 Å². The maximum atomic E-state index is 4.93. The van der Waals surface area contributed by atoms with Gasteiger partial charge in [-0.05, 0) is 78.8 Å². The maximum absolute atomic E-state index is 4.93. The highest BCUT2D eigenvalue weighted by molar-refractivity contribution is 6.25. The molecule has 3 heterocycles. The van der Waals surface area contributed by atoms with Crippen LogP contribution in [0.2, 0.25) is 0 Å². The molecule has 9 rings (SSSR count). The van der Waals surface area contributed by atoms with E-state index in [4.69, 9.17) is 4.98 Å². The minimum atomic E-state index is 0.868. The first-order chi connectivity index (χ1) is 21.3. The van der Waals surface area contributed by atoms with Crippen molar-refractivity contribution in [3.63, 3.8) is 0 Å². The number of fused-ring (bicyclic) bond motifs is 1. The molecule has 200 valence electrons. The van der Waals surface area contributed by atoms with Crippen molar-refractivity contribution >= 4 is 38.0 Å². The second kappa shape index (κ2) is 9.37. The van der Waals surface area contributed by atoms with Gasteiger partial charge in [0, 0.05) is 18.0 Å². The Hall–Kier alpha value is -5.80. The molecule has 6 aromatic carbocycles. The van der Waals surface area contributed by atoms with Gasteiger partial charge in [-0.15, -0.1) is 0 Å². The molecule has 0 radical (unpaired) electrons. The van der Waals surface area contributed by atoms with Gasteiger partial charge in [0.2, 0.25) is 0 Å². The lowest BCUT2D eigenvalue weighted by Gasteiger charge is -2.14. The number of rotatable bonds is 4. The number of pyridine rings is 2. The highest BCUT2D eigenvalue weighted by Crippen LogP contribution is 2.40. The Labute approximate surface area is 248 Å². The van der Waals surface area contributed by atoms with E-state index in [1.54, 1.807) is 0 Å². The molecule has 3 nitrogen and oxygen atoms in total. The quantitative estimate of drug-likeness (QED) is 0.205. The largest absolute Gasteiger partial charge is 0.299 e. The fourth-order valence-corrected chi connectivity index (χ4v) is 6.60. The second-order valence-corrected chi connectivity index (χ2v) is 11.1. The summed E-state index contributed by atoms with van der Waals surface area (Å²) in [6, 6.07) is 49.9. The smallest absolute Gasteiger partial charge is 0.138 e. The van der Waals surface area contributed by atoms with E-state index >= 15 is 0 Å². The number of hydrogen-bond acceptors (Lipinski definition) is 2. The summed E-state index contributed by atoms with van der Waals surface area (Å²) in [4.78, 5) is 9.52. The first kappa shape index (κ1) is 23.9. The zero-order chi connectivity index (χ0) is 28.3. The van der Waals surface area contributed by atoms with E-state index in [0.29, 0.717) is 0 Å². The predicted octanol–water partition coefficient (Wildman–Crippen LogP) is 10.3. The summed E-state index contributed by atoms with van der Waals surface area (Å²) in [5, 5.41) is 7.89. The average molecular weight is 548 g/mol. The van der Waals surface area contributed by atoms with Crippen LogP contribution in [0.1, 0.15) is 0 Å². The third-order valence-electron chi connectivity index (χ3n) is 8.65. The van der Waals surface area contributed by atoms with Crippen molar-refractivity contribution < 1.29 is 0 Å². The number of imidazole rings is 1. The van der Waals surface area contributed by atoms with Crippen LogP contribution in [-0.2, 0) is 0 Å². The molecular formula is C40H25N3. The fourth-order valence-electron chi connectivity index (χ4n) is 6.60. The summed E-state index contributed by atoms with van der Waals surface area (Å²) in [5.74, 6) is 0. The van der Waals surface area contributed by atoms with Crippen LogP contribution in [0, 0.1) is 0 Å². The van der Waals surface area contributed by atoms with Crippen LogP contribution in [-0.4, -0.2) is 14.4 Å². The molecular weight excluding hydrogens is 522 g/mol. The molecule has 0 N–H and O–H groups in total. The van der Waals surface area contributed by atoms with Crippen LogP contribution in [0.3, 0.4) is 0 Å². The van der Waals surface area contributed by atoms with Crippen LogP contribution < -0.4 is 0 Å². The predicted molar refractivity (Wildman–Crippen MR) is 178 cm³/mol. The second-order valence-electron chi connectivity index (χ2n) is 11.1. The highest BCUT2D eigenvalue weighted by Gasteiger charge is 2.17. The Morgan fingerprint density at radius 2 is 1.12 bits per heavy atom. The first-order valence-electron chi connectivity index (χ1n) is 14.6. The molecule has 9 aromatic rings. The summed E-state index contributed by atoms with van der Waals surface area (Å²) in [6.45, 7) is 0. The number of aromatic nitrogens is 3. The molecule has 0 bridgehead atoms. The topological polar surface area (TPSA) is 30.2 Å².